The molecule has 0 saturated heterocycles. The molecule has 4 aromatic rings. The summed E-state index contributed by atoms with van der Waals surface area (Å²) in [6, 6.07) is 12.0. The molecule has 0 unspecified atom stereocenters. The van der Waals surface area contributed by atoms with Crippen LogP contribution in [0.2, 0.25) is 0 Å². The number of benzene rings is 2. The molecule has 0 aliphatic carbocycles. The third-order valence-corrected chi connectivity index (χ3v) is 6.41. The third-order valence-electron chi connectivity index (χ3n) is 6.41. The molecule has 37 heavy (non-hydrogen) atoms. The number of anilines is 1. The van der Waals surface area contributed by atoms with Crippen LogP contribution in [-0.4, -0.2) is 40.9 Å². The molecule has 3 N–H and O–H groups in total. The fourth-order valence-corrected chi connectivity index (χ4v) is 4.30. The standard InChI is InChI=1S/C28H28F2N4O3/c1-16(2)18-6-4-5-7-19(18)20-12-32-26-24(20)23(8-9-31-26)37-25-21(29)10-17(11-22(25)30)34-27-33-13-28(3,14-35)15-36-27/h4-12,16,35H,13-15H2,1-3H3,(H,31,32)(H,33,34)/t28-/m1/s1. The van der Waals surface area contributed by atoms with Gasteiger partial charge in [-0.3, -0.25) is 0 Å². The predicted molar refractivity (Wildman–Crippen MR) is 139 cm³/mol. The molecule has 9 heteroatoms. The molecule has 2 aromatic carbocycles. The topological polar surface area (TPSA) is 91.8 Å². The molecule has 0 fully saturated rings. The molecule has 1 aliphatic rings. The summed E-state index contributed by atoms with van der Waals surface area (Å²) in [7, 11) is 0. The number of amidine groups is 1. The average Bonchev–Trinajstić information content (AvgIpc) is 3.33. The Morgan fingerprint density at radius 2 is 1.92 bits per heavy atom. The highest BCUT2D eigenvalue weighted by molar-refractivity contribution is 5.99. The number of aromatic amines is 1. The Bertz CT molecular complexity index is 1460. The van der Waals surface area contributed by atoms with Crippen molar-refractivity contribution < 1.29 is 23.4 Å². The summed E-state index contributed by atoms with van der Waals surface area (Å²) in [4.78, 5) is 11.7. The van der Waals surface area contributed by atoms with Crippen LogP contribution in [0.3, 0.4) is 0 Å². The van der Waals surface area contributed by atoms with Gasteiger partial charge in [-0.1, -0.05) is 45.0 Å². The number of nitrogens with one attached hydrogen (secondary N) is 2. The van der Waals surface area contributed by atoms with E-state index in [9.17, 15) is 5.11 Å². The quantitative estimate of drug-likeness (QED) is 0.289. The number of fused-ring (bicyclic) bond motifs is 1. The molecule has 2 aromatic heterocycles. The maximum Gasteiger partial charge on any atom is 0.289 e. The zero-order chi connectivity index (χ0) is 26.2. The first-order valence-corrected chi connectivity index (χ1v) is 12.1. The molecule has 7 nitrogen and oxygen atoms in total. The van der Waals surface area contributed by atoms with Crippen LogP contribution >= 0.6 is 0 Å². The van der Waals surface area contributed by atoms with Gasteiger partial charge in [0.05, 0.1) is 18.5 Å². The van der Waals surface area contributed by atoms with Crippen LogP contribution in [-0.2, 0) is 4.74 Å². The van der Waals surface area contributed by atoms with Gasteiger partial charge in [-0.2, -0.15) is 0 Å². The van der Waals surface area contributed by atoms with Crippen LogP contribution in [0.25, 0.3) is 22.2 Å². The Labute approximate surface area is 213 Å². The average molecular weight is 507 g/mol. The highest BCUT2D eigenvalue weighted by Gasteiger charge is 2.29. The van der Waals surface area contributed by atoms with E-state index in [1.54, 1.807) is 6.07 Å². The van der Waals surface area contributed by atoms with E-state index in [1.165, 1.54) is 6.20 Å². The lowest BCUT2D eigenvalue weighted by molar-refractivity contribution is 0.0706. The number of ether oxygens (including phenoxy) is 2. The minimum absolute atomic E-state index is 0.0761. The number of aliphatic hydroxyl groups excluding tert-OH is 1. The number of H-pyrrole nitrogens is 1. The van der Waals surface area contributed by atoms with Gasteiger partial charge >= 0.3 is 0 Å². The second-order valence-corrected chi connectivity index (χ2v) is 9.85. The zero-order valence-electron chi connectivity index (χ0n) is 20.8. The minimum atomic E-state index is -0.885. The van der Waals surface area contributed by atoms with Gasteiger partial charge in [-0.25, -0.2) is 18.8 Å². The summed E-state index contributed by atoms with van der Waals surface area (Å²) >= 11 is 0. The monoisotopic (exact) mass is 506 g/mol. The first kappa shape index (κ1) is 24.7. The summed E-state index contributed by atoms with van der Waals surface area (Å²) in [5, 5.41) is 12.9. The van der Waals surface area contributed by atoms with E-state index in [0.717, 1.165) is 28.8 Å². The lowest BCUT2D eigenvalue weighted by atomic mass is 9.92. The van der Waals surface area contributed by atoms with Crippen LogP contribution in [0.1, 0.15) is 32.3 Å². The summed E-state index contributed by atoms with van der Waals surface area (Å²) in [6.07, 6.45) is 3.36. The Morgan fingerprint density at radius 3 is 2.59 bits per heavy atom. The van der Waals surface area contributed by atoms with Crippen LogP contribution in [0.4, 0.5) is 14.5 Å². The number of pyridine rings is 1. The number of hydrogen-bond donors (Lipinski definition) is 3. The minimum Gasteiger partial charge on any atom is -0.464 e. The molecule has 0 saturated carbocycles. The van der Waals surface area contributed by atoms with Crippen molar-refractivity contribution in [3.63, 3.8) is 0 Å². The Kier molecular flexibility index (Phi) is 6.55. The van der Waals surface area contributed by atoms with Gasteiger partial charge in [0.1, 0.15) is 18.0 Å². The predicted octanol–water partition coefficient (Wildman–Crippen LogP) is 6.22. The molecule has 0 amide bonds. The first-order chi connectivity index (χ1) is 17.8. The van der Waals surface area contributed by atoms with Crippen molar-refractivity contribution in [1.29, 1.82) is 0 Å². The van der Waals surface area contributed by atoms with Crippen molar-refractivity contribution in [3.8, 4) is 22.6 Å². The van der Waals surface area contributed by atoms with Crippen molar-refractivity contribution in [2.75, 3.05) is 25.1 Å². The highest BCUT2D eigenvalue weighted by atomic mass is 19.1. The maximum atomic E-state index is 15.1. The fourth-order valence-electron chi connectivity index (χ4n) is 4.30. The molecule has 192 valence electrons. The Balaban J connectivity index is 1.47. The molecule has 1 aliphatic heterocycles. The van der Waals surface area contributed by atoms with Gasteiger partial charge in [0, 0.05) is 41.2 Å². The SMILES string of the molecule is CC(C)c1ccccc1-c1c[nH]c2nccc(Oc3c(F)cc(NC4=NC[C@](C)(CO)CO4)cc3F)c12. The number of rotatable bonds is 6. The van der Waals surface area contributed by atoms with Gasteiger partial charge in [-0.05, 0) is 23.1 Å². The molecule has 5 rings (SSSR count). The molecule has 0 bridgehead atoms. The molecular formula is C28H28F2N4O3. The Morgan fingerprint density at radius 1 is 1.16 bits per heavy atom. The van der Waals surface area contributed by atoms with Gasteiger partial charge in [-0.15, -0.1) is 0 Å². The van der Waals surface area contributed by atoms with Crippen molar-refractivity contribution in [1.82, 2.24) is 9.97 Å². The van der Waals surface area contributed by atoms with Gasteiger partial charge in [0.2, 0.25) is 0 Å². The number of halogens is 2. The van der Waals surface area contributed by atoms with E-state index >= 15 is 8.78 Å². The fraction of sp³-hybridized carbons (Fsp3) is 0.286. The number of aliphatic imine (C=N–C) groups is 1. The molecular weight excluding hydrogens is 478 g/mol. The third kappa shape index (κ3) is 4.86. The number of nitrogens with zero attached hydrogens (tertiary/aromatic N) is 2. The van der Waals surface area contributed by atoms with E-state index in [2.05, 4.69) is 40.2 Å². The van der Waals surface area contributed by atoms with Crippen molar-refractivity contribution in [2.24, 2.45) is 10.4 Å². The van der Waals surface area contributed by atoms with E-state index < -0.39 is 22.8 Å². The van der Waals surface area contributed by atoms with Crippen LogP contribution in [0, 0.1) is 17.0 Å². The van der Waals surface area contributed by atoms with Gasteiger partial charge in [0.25, 0.3) is 6.02 Å². The second-order valence-electron chi connectivity index (χ2n) is 9.85. The lowest BCUT2D eigenvalue weighted by Crippen LogP contribution is -2.38. The second kappa shape index (κ2) is 9.82. The molecule has 1 atom stereocenters. The summed E-state index contributed by atoms with van der Waals surface area (Å²) in [5.41, 5.74) is 3.16. The maximum absolute atomic E-state index is 15.1. The number of hydrogen-bond acceptors (Lipinski definition) is 6. The summed E-state index contributed by atoms with van der Waals surface area (Å²) in [5.74, 6) is -1.75. The highest BCUT2D eigenvalue weighted by Crippen LogP contribution is 2.40. The van der Waals surface area contributed by atoms with Gasteiger partial charge < -0.3 is 24.9 Å². The largest absolute Gasteiger partial charge is 0.464 e. The van der Waals surface area contributed by atoms with E-state index in [4.69, 9.17) is 9.47 Å². The molecule has 3 heterocycles. The van der Waals surface area contributed by atoms with Crippen LogP contribution in [0.15, 0.2) is 59.9 Å². The Hall–Kier alpha value is -3.98. The van der Waals surface area contributed by atoms with Crippen molar-refractivity contribution >= 4 is 22.7 Å². The van der Waals surface area contributed by atoms with Crippen LogP contribution in [0.5, 0.6) is 11.5 Å². The van der Waals surface area contributed by atoms with E-state index in [0.29, 0.717) is 17.6 Å². The smallest absolute Gasteiger partial charge is 0.289 e. The molecule has 0 radical (unpaired) electrons. The lowest BCUT2D eigenvalue weighted by Gasteiger charge is -2.30. The number of aromatic nitrogens is 2. The molecule has 0 spiro atoms. The summed E-state index contributed by atoms with van der Waals surface area (Å²) in [6.45, 7) is 6.55. The zero-order valence-corrected chi connectivity index (χ0v) is 20.8. The van der Waals surface area contributed by atoms with Crippen LogP contribution < -0.4 is 10.1 Å². The first-order valence-electron chi connectivity index (χ1n) is 12.1. The van der Waals surface area contributed by atoms with Gasteiger partial charge in [0.15, 0.2) is 17.4 Å². The van der Waals surface area contributed by atoms with Crippen molar-refractivity contribution in [2.45, 2.75) is 26.7 Å². The number of aliphatic hydroxyl groups is 1. The van der Waals surface area contributed by atoms with E-state index in [-0.39, 0.29) is 36.6 Å². The normalized spacial score (nSPS) is 17.5. The summed E-state index contributed by atoms with van der Waals surface area (Å²) < 4.78 is 41.6. The van der Waals surface area contributed by atoms with Crippen molar-refractivity contribution in [3.05, 3.63) is 72.1 Å². The van der Waals surface area contributed by atoms with E-state index in [1.807, 2.05) is 31.3 Å².